The van der Waals surface area contributed by atoms with Crippen LogP contribution in [-0.2, 0) is 0 Å². The fourth-order valence-corrected chi connectivity index (χ4v) is 3.47. The molecule has 0 aromatic heterocycles. The molecule has 1 heterocycles. The largest absolute Gasteiger partial charge is 0.505 e. The Bertz CT molecular complexity index is 1080. The van der Waals surface area contributed by atoms with Gasteiger partial charge in [0.25, 0.3) is 5.91 Å². The lowest BCUT2D eigenvalue weighted by Gasteiger charge is -2.37. The van der Waals surface area contributed by atoms with Crippen molar-refractivity contribution in [2.45, 2.75) is 13.0 Å². The topological polar surface area (TPSA) is 40.5 Å². The van der Waals surface area contributed by atoms with Gasteiger partial charge in [0.05, 0.1) is 11.7 Å². The lowest BCUT2D eigenvalue weighted by molar-refractivity contribution is 0.0977. The number of amides is 1. The Kier molecular flexibility index (Phi) is 3.91. The Morgan fingerprint density at radius 1 is 0.926 bits per heavy atom. The summed E-state index contributed by atoms with van der Waals surface area (Å²) in [6, 6.07) is 11.0. The average Bonchev–Trinajstić information content (AvgIpc) is 2.64. The number of aromatic hydroxyl groups is 1. The molecule has 0 radical (unpaired) electrons. The number of hydrogen-bond donors (Lipinski definition) is 1. The minimum atomic E-state index is -0.934. The first-order valence-corrected chi connectivity index (χ1v) is 8.28. The number of halogens is 3. The minimum Gasteiger partial charge on any atom is -0.505 e. The van der Waals surface area contributed by atoms with Crippen molar-refractivity contribution < 1.29 is 23.1 Å². The Morgan fingerprint density at radius 2 is 1.59 bits per heavy atom. The first kappa shape index (κ1) is 17.1. The second-order valence-electron chi connectivity index (χ2n) is 6.41. The van der Waals surface area contributed by atoms with E-state index in [9.17, 15) is 23.1 Å². The zero-order chi connectivity index (χ0) is 19.3. The minimum absolute atomic E-state index is 0.00721. The van der Waals surface area contributed by atoms with Crippen LogP contribution in [0.4, 0.5) is 18.9 Å². The lowest BCUT2D eigenvalue weighted by atomic mass is 9.88. The molecule has 1 atom stereocenters. The van der Waals surface area contributed by atoms with Crippen molar-refractivity contribution in [3.05, 3.63) is 83.2 Å². The highest BCUT2D eigenvalue weighted by Gasteiger charge is 2.33. The van der Waals surface area contributed by atoms with Crippen molar-refractivity contribution in [1.29, 1.82) is 0 Å². The van der Waals surface area contributed by atoms with Crippen molar-refractivity contribution in [2.24, 2.45) is 0 Å². The number of hydrogen-bond acceptors (Lipinski definition) is 2. The van der Waals surface area contributed by atoms with Crippen LogP contribution in [0, 0.1) is 17.5 Å². The maximum atomic E-state index is 13.9. The van der Waals surface area contributed by atoms with E-state index in [-0.39, 0.29) is 5.56 Å². The molecular weight excluding hydrogens is 355 g/mol. The zero-order valence-corrected chi connectivity index (χ0v) is 14.2. The SMILES string of the molecule is C[C@@H]1c2cc(F)ccc2-c2ccc(F)cc2N1C(=O)c1ccc(O)c(F)c1. The van der Waals surface area contributed by atoms with Crippen LogP contribution in [0.2, 0.25) is 0 Å². The van der Waals surface area contributed by atoms with Crippen molar-refractivity contribution in [3.8, 4) is 16.9 Å². The van der Waals surface area contributed by atoms with E-state index in [1.54, 1.807) is 13.0 Å². The molecule has 0 saturated heterocycles. The molecule has 0 bridgehead atoms. The molecule has 1 aliphatic heterocycles. The number of benzene rings is 3. The number of nitrogens with zero attached hydrogens (tertiary/aromatic N) is 1. The van der Waals surface area contributed by atoms with Crippen LogP contribution in [0.5, 0.6) is 5.75 Å². The molecule has 0 saturated carbocycles. The molecule has 0 aliphatic carbocycles. The summed E-state index contributed by atoms with van der Waals surface area (Å²) in [7, 11) is 0. The first-order chi connectivity index (χ1) is 12.9. The zero-order valence-electron chi connectivity index (χ0n) is 14.2. The normalized spacial score (nSPS) is 15.3. The van der Waals surface area contributed by atoms with Gasteiger partial charge in [-0.3, -0.25) is 4.79 Å². The highest BCUT2D eigenvalue weighted by Crippen LogP contribution is 2.45. The summed E-state index contributed by atoms with van der Waals surface area (Å²) < 4.78 is 41.5. The van der Waals surface area contributed by atoms with Gasteiger partial charge < -0.3 is 10.0 Å². The smallest absolute Gasteiger partial charge is 0.258 e. The molecule has 1 amide bonds. The number of anilines is 1. The van der Waals surface area contributed by atoms with Crippen LogP contribution in [0.25, 0.3) is 11.1 Å². The van der Waals surface area contributed by atoms with Gasteiger partial charge in [-0.25, -0.2) is 13.2 Å². The van der Waals surface area contributed by atoms with E-state index in [1.165, 1.54) is 41.3 Å². The quantitative estimate of drug-likeness (QED) is 0.641. The number of carbonyl (C=O) groups excluding carboxylic acids is 1. The van der Waals surface area contributed by atoms with E-state index in [4.69, 9.17) is 0 Å². The van der Waals surface area contributed by atoms with E-state index < -0.39 is 35.2 Å². The summed E-state index contributed by atoms with van der Waals surface area (Å²) in [5, 5.41) is 9.35. The summed E-state index contributed by atoms with van der Waals surface area (Å²) in [5.41, 5.74) is 2.17. The average molecular weight is 369 g/mol. The van der Waals surface area contributed by atoms with E-state index in [0.717, 1.165) is 12.1 Å². The van der Waals surface area contributed by atoms with Crippen molar-refractivity contribution in [1.82, 2.24) is 0 Å². The van der Waals surface area contributed by atoms with Gasteiger partial charge in [-0.2, -0.15) is 0 Å². The number of rotatable bonds is 1. The van der Waals surface area contributed by atoms with Gasteiger partial charge >= 0.3 is 0 Å². The van der Waals surface area contributed by atoms with Crippen molar-refractivity contribution in [3.63, 3.8) is 0 Å². The predicted molar refractivity (Wildman–Crippen MR) is 95.1 cm³/mol. The predicted octanol–water partition coefficient (Wildman–Crippen LogP) is 5.20. The highest BCUT2D eigenvalue weighted by molar-refractivity contribution is 6.10. The molecule has 0 spiro atoms. The van der Waals surface area contributed by atoms with Gasteiger partial charge in [-0.1, -0.05) is 6.07 Å². The molecule has 3 nitrogen and oxygen atoms in total. The third kappa shape index (κ3) is 2.73. The summed E-state index contributed by atoms with van der Waals surface area (Å²) in [5.74, 6) is -3.06. The molecule has 1 N–H and O–H groups in total. The van der Waals surface area contributed by atoms with Crippen LogP contribution >= 0.6 is 0 Å². The monoisotopic (exact) mass is 369 g/mol. The second-order valence-corrected chi connectivity index (χ2v) is 6.41. The first-order valence-electron chi connectivity index (χ1n) is 8.28. The third-order valence-electron chi connectivity index (χ3n) is 4.77. The third-order valence-corrected chi connectivity index (χ3v) is 4.77. The fourth-order valence-electron chi connectivity index (χ4n) is 3.47. The maximum Gasteiger partial charge on any atom is 0.258 e. The van der Waals surface area contributed by atoms with Crippen molar-refractivity contribution in [2.75, 3.05) is 4.90 Å². The van der Waals surface area contributed by atoms with Crippen LogP contribution in [0.1, 0.15) is 28.9 Å². The standard InChI is InChI=1S/C21H14F3NO2/c1-11-17-9-13(22)3-5-15(17)16-6-4-14(23)10-19(16)25(11)21(27)12-2-7-20(26)18(24)8-12/h2-11,26H,1H3/t11-/m1/s1. The van der Waals surface area contributed by atoms with Gasteiger partial charge in [-0.15, -0.1) is 0 Å². The lowest BCUT2D eigenvalue weighted by Crippen LogP contribution is -2.36. The molecule has 4 rings (SSSR count). The summed E-state index contributed by atoms with van der Waals surface area (Å²) in [4.78, 5) is 14.4. The summed E-state index contributed by atoms with van der Waals surface area (Å²) in [6.07, 6.45) is 0. The Balaban J connectivity index is 1.91. The van der Waals surface area contributed by atoms with Gasteiger partial charge in [0.15, 0.2) is 11.6 Å². The van der Waals surface area contributed by atoms with Gasteiger partial charge in [-0.05, 0) is 66.6 Å². The molecule has 6 heteroatoms. The van der Waals surface area contributed by atoms with Crippen LogP contribution < -0.4 is 4.90 Å². The molecule has 3 aromatic carbocycles. The Hall–Kier alpha value is -3.28. The number of carbonyl (C=O) groups is 1. The van der Waals surface area contributed by atoms with Crippen LogP contribution in [-0.4, -0.2) is 11.0 Å². The number of fused-ring (bicyclic) bond motifs is 3. The fraction of sp³-hybridized carbons (Fsp3) is 0.0952. The molecule has 0 fully saturated rings. The maximum absolute atomic E-state index is 13.9. The molecule has 0 unspecified atom stereocenters. The van der Waals surface area contributed by atoms with Gasteiger partial charge in [0, 0.05) is 11.1 Å². The Labute approximate surface area is 153 Å². The number of phenolic OH excluding ortho intramolecular Hbond substituents is 1. The molecular formula is C21H14F3NO2. The highest BCUT2D eigenvalue weighted by atomic mass is 19.1. The molecule has 136 valence electrons. The summed E-state index contributed by atoms with van der Waals surface area (Å²) >= 11 is 0. The second kappa shape index (κ2) is 6.16. The van der Waals surface area contributed by atoms with Crippen molar-refractivity contribution >= 4 is 11.6 Å². The van der Waals surface area contributed by atoms with Gasteiger partial charge in [0.2, 0.25) is 0 Å². The molecule has 1 aliphatic rings. The van der Waals surface area contributed by atoms with E-state index in [1.807, 2.05) is 0 Å². The van der Waals surface area contributed by atoms with Gasteiger partial charge in [0.1, 0.15) is 11.6 Å². The van der Waals surface area contributed by atoms with E-state index in [0.29, 0.717) is 22.4 Å². The van der Waals surface area contributed by atoms with E-state index in [2.05, 4.69) is 0 Å². The van der Waals surface area contributed by atoms with Crippen LogP contribution in [0.15, 0.2) is 54.6 Å². The molecule has 3 aromatic rings. The van der Waals surface area contributed by atoms with Crippen LogP contribution in [0.3, 0.4) is 0 Å². The number of phenols is 1. The Morgan fingerprint density at radius 3 is 2.30 bits per heavy atom. The molecule has 27 heavy (non-hydrogen) atoms. The van der Waals surface area contributed by atoms with E-state index >= 15 is 0 Å². The summed E-state index contributed by atoms with van der Waals surface area (Å²) in [6.45, 7) is 1.70.